The van der Waals surface area contributed by atoms with Crippen LogP contribution in [0.15, 0.2) is 22.7 Å². The van der Waals surface area contributed by atoms with Crippen molar-refractivity contribution in [3.63, 3.8) is 0 Å². The van der Waals surface area contributed by atoms with Crippen molar-refractivity contribution in [1.29, 1.82) is 0 Å². The summed E-state index contributed by atoms with van der Waals surface area (Å²) in [5, 5.41) is 4.27. The Balaban J connectivity index is 2.58. The average Bonchev–Trinajstić information content (AvgIpc) is 2.80. The Labute approximate surface area is 124 Å². The van der Waals surface area contributed by atoms with Crippen molar-refractivity contribution in [3.8, 4) is 0 Å². The van der Waals surface area contributed by atoms with Gasteiger partial charge in [-0.3, -0.25) is 10.5 Å². The highest BCUT2D eigenvalue weighted by Gasteiger charge is 2.25. The Morgan fingerprint density at radius 1 is 1.45 bits per heavy atom. The Morgan fingerprint density at radius 2 is 2.15 bits per heavy atom. The maximum atomic E-state index is 14.2. The van der Waals surface area contributed by atoms with Crippen molar-refractivity contribution >= 4 is 15.9 Å². The van der Waals surface area contributed by atoms with Gasteiger partial charge in [-0.1, -0.05) is 6.92 Å². The van der Waals surface area contributed by atoms with Gasteiger partial charge < -0.3 is 0 Å². The number of hydrogen-bond acceptors (Lipinski definition) is 3. The van der Waals surface area contributed by atoms with Gasteiger partial charge in [0, 0.05) is 12.6 Å². The molecule has 108 valence electrons. The molecule has 0 aliphatic carbocycles. The molecular weight excluding hydrogens is 330 g/mol. The van der Waals surface area contributed by atoms with Gasteiger partial charge in [0.1, 0.15) is 11.6 Å². The standard InChI is InChI=1S/C13H15BrF2N4/c1-3-7-6-10(20(2)19-7)13(18-17)11-9(15)5-4-8(14)12(11)16/h4-6,13,18H,3,17H2,1-2H3. The minimum absolute atomic E-state index is 0.132. The molecule has 1 aromatic heterocycles. The quantitative estimate of drug-likeness (QED) is 0.509. The second kappa shape index (κ2) is 5.99. The number of nitrogens with two attached hydrogens (primary N) is 1. The van der Waals surface area contributed by atoms with Crippen LogP contribution < -0.4 is 11.3 Å². The molecule has 1 aromatic carbocycles. The summed E-state index contributed by atoms with van der Waals surface area (Å²) in [4.78, 5) is 0. The largest absolute Gasteiger partial charge is 0.271 e. The van der Waals surface area contributed by atoms with Gasteiger partial charge in [-0.05, 0) is 40.5 Å². The van der Waals surface area contributed by atoms with Crippen LogP contribution in [0.25, 0.3) is 0 Å². The molecule has 20 heavy (non-hydrogen) atoms. The molecule has 0 fully saturated rings. The fourth-order valence-corrected chi connectivity index (χ4v) is 2.46. The number of benzene rings is 1. The molecule has 1 atom stereocenters. The third kappa shape index (κ3) is 2.61. The summed E-state index contributed by atoms with van der Waals surface area (Å²) in [6.45, 7) is 1.96. The molecule has 0 aliphatic rings. The zero-order valence-corrected chi connectivity index (χ0v) is 12.7. The van der Waals surface area contributed by atoms with Crippen LogP contribution in [-0.2, 0) is 13.5 Å². The molecule has 3 N–H and O–H groups in total. The van der Waals surface area contributed by atoms with Crippen LogP contribution in [0.4, 0.5) is 8.78 Å². The van der Waals surface area contributed by atoms with Gasteiger partial charge in [0.15, 0.2) is 0 Å². The van der Waals surface area contributed by atoms with E-state index in [1.54, 1.807) is 17.8 Å². The summed E-state index contributed by atoms with van der Waals surface area (Å²) >= 11 is 3.05. The van der Waals surface area contributed by atoms with E-state index in [2.05, 4.69) is 26.5 Å². The van der Waals surface area contributed by atoms with Crippen molar-refractivity contribution in [3.05, 3.63) is 51.3 Å². The fourth-order valence-electron chi connectivity index (χ4n) is 2.11. The number of hydrazine groups is 1. The monoisotopic (exact) mass is 344 g/mol. The smallest absolute Gasteiger partial charge is 0.145 e. The van der Waals surface area contributed by atoms with Crippen molar-refractivity contribution in [2.75, 3.05) is 0 Å². The van der Waals surface area contributed by atoms with Crippen LogP contribution in [-0.4, -0.2) is 9.78 Å². The summed E-state index contributed by atoms with van der Waals surface area (Å²) in [5.74, 6) is 4.17. The van der Waals surface area contributed by atoms with Gasteiger partial charge in [0.2, 0.25) is 0 Å². The topological polar surface area (TPSA) is 55.9 Å². The van der Waals surface area contributed by atoms with E-state index >= 15 is 0 Å². The van der Waals surface area contributed by atoms with E-state index in [0.717, 1.165) is 12.1 Å². The maximum absolute atomic E-state index is 14.2. The van der Waals surface area contributed by atoms with E-state index < -0.39 is 17.7 Å². The predicted molar refractivity (Wildman–Crippen MR) is 75.8 cm³/mol. The minimum atomic E-state index is -0.815. The number of rotatable bonds is 4. The second-order valence-electron chi connectivity index (χ2n) is 4.39. The van der Waals surface area contributed by atoms with Crippen LogP contribution in [0.3, 0.4) is 0 Å². The zero-order valence-electron chi connectivity index (χ0n) is 11.1. The molecule has 1 heterocycles. The molecule has 0 spiro atoms. The van der Waals surface area contributed by atoms with E-state index in [4.69, 9.17) is 5.84 Å². The highest BCUT2D eigenvalue weighted by molar-refractivity contribution is 9.10. The minimum Gasteiger partial charge on any atom is -0.271 e. The lowest BCUT2D eigenvalue weighted by Crippen LogP contribution is -2.31. The number of nitrogens with one attached hydrogen (secondary N) is 1. The van der Waals surface area contributed by atoms with E-state index in [1.807, 2.05) is 6.92 Å². The lowest BCUT2D eigenvalue weighted by atomic mass is 10.0. The van der Waals surface area contributed by atoms with Crippen molar-refractivity contribution in [2.45, 2.75) is 19.4 Å². The van der Waals surface area contributed by atoms with Crippen LogP contribution in [0.5, 0.6) is 0 Å². The highest BCUT2D eigenvalue weighted by Crippen LogP contribution is 2.30. The van der Waals surface area contributed by atoms with Gasteiger partial charge in [-0.25, -0.2) is 14.2 Å². The third-order valence-corrected chi connectivity index (χ3v) is 3.77. The van der Waals surface area contributed by atoms with Crippen molar-refractivity contribution in [1.82, 2.24) is 15.2 Å². The molecule has 0 bridgehead atoms. The first kappa shape index (κ1) is 15.1. The van der Waals surface area contributed by atoms with Crippen LogP contribution >= 0.6 is 15.9 Å². The first-order valence-corrected chi connectivity index (χ1v) is 6.91. The first-order chi connectivity index (χ1) is 9.49. The lowest BCUT2D eigenvalue weighted by molar-refractivity contribution is 0.490. The Kier molecular flexibility index (Phi) is 4.52. The number of aromatic nitrogens is 2. The summed E-state index contributed by atoms with van der Waals surface area (Å²) in [5.41, 5.74) is 3.76. The van der Waals surface area contributed by atoms with Crippen LogP contribution in [0.2, 0.25) is 0 Å². The van der Waals surface area contributed by atoms with Crippen LogP contribution in [0, 0.1) is 11.6 Å². The normalized spacial score (nSPS) is 12.7. The highest BCUT2D eigenvalue weighted by atomic mass is 79.9. The van der Waals surface area contributed by atoms with Crippen molar-refractivity contribution in [2.24, 2.45) is 12.9 Å². The molecule has 4 nitrogen and oxygen atoms in total. The molecule has 2 aromatic rings. The van der Waals surface area contributed by atoms with Gasteiger partial charge in [-0.15, -0.1) is 0 Å². The number of halogens is 3. The summed E-state index contributed by atoms with van der Waals surface area (Å²) < 4.78 is 29.9. The van der Waals surface area contributed by atoms with Crippen molar-refractivity contribution < 1.29 is 8.78 Å². The molecule has 0 amide bonds. The number of nitrogens with zero attached hydrogens (tertiary/aromatic N) is 2. The molecule has 0 saturated carbocycles. The average molecular weight is 345 g/mol. The zero-order chi connectivity index (χ0) is 14.9. The van der Waals surface area contributed by atoms with Gasteiger partial charge in [0.05, 0.1) is 21.9 Å². The molecular formula is C13H15BrF2N4. The van der Waals surface area contributed by atoms with E-state index in [0.29, 0.717) is 5.69 Å². The van der Waals surface area contributed by atoms with E-state index in [-0.39, 0.29) is 10.0 Å². The molecule has 0 saturated heterocycles. The number of hydrogen-bond donors (Lipinski definition) is 2. The van der Waals surface area contributed by atoms with Gasteiger partial charge in [0.25, 0.3) is 0 Å². The maximum Gasteiger partial charge on any atom is 0.145 e. The van der Waals surface area contributed by atoms with Gasteiger partial charge >= 0.3 is 0 Å². The Bertz CT molecular complexity index is 627. The molecule has 7 heteroatoms. The van der Waals surface area contributed by atoms with E-state index in [1.165, 1.54) is 12.1 Å². The summed E-state index contributed by atoms with van der Waals surface area (Å²) in [6.07, 6.45) is 0.731. The Morgan fingerprint density at radius 3 is 2.70 bits per heavy atom. The van der Waals surface area contributed by atoms with Gasteiger partial charge in [-0.2, -0.15) is 5.10 Å². The van der Waals surface area contributed by atoms with E-state index in [9.17, 15) is 8.78 Å². The summed E-state index contributed by atoms with van der Waals surface area (Å²) in [7, 11) is 1.71. The first-order valence-electron chi connectivity index (χ1n) is 6.11. The summed E-state index contributed by atoms with van der Waals surface area (Å²) in [6, 6.07) is 3.49. The number of aryl methyl sites for hydroxylation is 2. The molecule has 0 radical (unpaired) electrons. The SMILES string of the molecule is CCc1cc(C(NN)c2c(F)ccc(Br)c2F)n(C)n1. The van der Waals surface area contributed by atoms with Crippen LogP contribution in [0.1, 0.15) is 29.9 Å². The fraction of sp³-hybridized carbons (Fsp3) is 0.308. The molecule has 2 rings (SSSR count). The molecule has 0 aliphatic heterocycles. The lowest BCUT2D eigenvalue weighted by Gasteiger charge is -2.18. The molecule has 1 unspecified atom stereocenters. The second-order valence-corrected chi connectivity index (χ2v) is 5.25. The predicted octanol–water partition coefficient (Wildman–Crippen LogP) is 2.58. The third-order valence-electron chi connectivity index (χ3n) is 3.16. The Hall–Kier alpha value is -1.31.